The van der Waals surface area contributed by atoms with Crippen LogP contribution in [0.25, 0.3) is 0 Å². The van der Waals surface area contributed by atoms with E-state index in [9.17, 15) is 19.2 Å². The van der Waals surface area contributed by atoms with Crippen molar-refractivity contribution in [3.63, 3.8) is 0 Å². The number of rotatable bonds is 6. The summed E-state index contributed by atoms with van der Waals surface area (Å²) in [5.41, 5.74) is 1.32. The van der Waals surface area contributed by atoms with Gasteiger partial charge in [0.15, 0.2) is 12.4 Å². The Bertz CT molecular complexity index is 848. The topological polar surface area (TPSA) is 115 Å². The minimum Gasteiger partial charge on any atom is -0.459 e. The first-order chi connectivity index (χ1) is 13.2. The molecule has 0 bridgehead atoms. The molecule has 0 unspecified atom stereocenters. The Morgan fingerprint density at radius 3 is 2.25 bits per heavy atom. The van der Waals surface area contributed by atoms with Crippen LogP contribution in [0.3, 0.4) is 0 Å². The van der Waals surface area contributed by atoms with E-state index in [0.717, 1.165) is 5.56 Å². The van der Waals surface area contributed by atoms with E-state index in [1.165, 1.54) is 18.4 Å². The molecule has 0 atom stereocenters. The SMILES string of the molecule is CC(C)(C)c1ccc(C(=O)NC(=O)COC(=O)CNC(=O)c2ccco2)cc1. The second-order valence-electron chi connectivity index (χ2n) is 7.03. The molecule has 1 aromatic heterocycles. The Hall–Kier alpha value is -3.42. The summed E-state index contributed by atoms with van der Waals surface area (Å²) >= 11 is 0. The molecule has 0 aliphatic carbocycles. The number of hydrogen-bond acceptors (Lipinski definition) is 6. The van der Waals surface area contributed by atoms with E-state index in [-0.39, 0.29) is 11.2 Å². The summed E-state index contributed by atoms with van der Waals surface area (Å²) in [5, 5.41) is 4.43. The van der Waals surface area contributed by atoms with Crippen molar-refractivity contribution in [3.8, 4) is 0 Å². The summed E-state index contributed by atoms with van der Waals surface area (Å²) in [6, 6.07) is 9.86. The van der Waals surface area contributed by atoms with Gasteiger partial charge in [-0.3, -0.25) is 24.5 Å². The van der Waals surface area contributed by atoms with Crippen LogP contribution < -0.4 is 10.6 Å². The molecule has 2 aromatic rings. The van der Waals surface area contributed by atoms with Gasteiger partial charge in [-0.25, -0.2) is 0 Å². The van der Waals surface area contributed by atoms with Crippen LogP contribution >= 0.6 is 0 Å². The summed E-state index contributed by atoms with van der Waals surface area (Å²) in [4.78, 5) is 47.0. The third-order valence-electron chi connectivity index (χ3n) is 3.77. The number of carbonyl (C=O) groups is 4. The highest BCUT2D eigenvalue weighted by Crippen LogP contribution is 2.22. The average Bonchev–Trinajstić information content (AvgIpc) is 3.18. The Morgan fingerprint density at radius 2 is 1.68 bits per heavy atom. The summed E-state index contributed by atoms with van der Waals surface area (Å²) in [6.45, 7) is 5.08. The van der Waals surface area contributed by atoms with Crippen LogP contribution in [0.15, 0.2) is 47.1 Å². The van der Waals surface area contributed by atoms with Crippen molar-refractivity contribution in [1.82, 2.24) is 10.6 Å². The molecule has 148 valence electrons. The van der Waals surface area contributed by atoms with E-state index in [2.05, 4.69) is 31.4 Å². The fourth-order valence-electron chi connectivity index (χ4n) is 2.20. The molecule has 8 nitrogen and oxygen atoms in total. The van der Waals surface area contributed by atoms with Crippen molar-refractivity contribution < 1.29 is 28.3 Å². The fourth-order valence-corrected chi connectivity index (χ4v) is 2.20. The summed E-state index contributed by atoms with van der Waals surface area (Å²) in [7, 11) is 0. The highest BCUT2D eigenvalue weighted by Gasteiger charge is 2.16. The monoisotopic (exact) mass is 386 g/mol. The predicted octanol–water partition coefficient (Wildman–Crippen LogP) is 1.81. The van der Waals surface area contributed by atoms with Gasteiger partial charge in [-0.15, -0.1) is 0 Å². The molecule has 0 saturated carbocycles. The van der Waals surface area contributed by atoms with Gasteiger partial charge in [-0.1, -0.05) is 32.9 Å². The molecule has 0 fully saturated rings. The van der Waals surface area contributed by atoms with E-state index in [0.29, 0.717) is 5.56 Å². The van der Waals surface area contributed by atoms with Gasteiger partial charge in [-0.2, -0.15) is 0 Å². The number of furan rings is 1. The van der Waals surface area contributed by atoms with Crippen LogP contribution in [-0.2, 0) is 19.7 Å². The number of esters is 1. The van der Waals surface area contributed by atoms with E-state index in [1.54, 1.807) is 12.1 Å². The van der Waals surface area contributed by atoms with Gasteiger partial charge in [-0.05, 0) is 35.2 Å². The number of imide groups is 1. The van der Waals surface area contributed by atoms with Crippen LogP contribution in [0, 0.1) is 0 Å². The van der Waals surface area contributed by atoms with E-state index in [1.807, 2.05) is 12.1 Å². The lowest BCUT2D eigenvalue weighted by Crippen LogP contribution is -2.36. The van der Waals surface area contributed by atoms with Gasteiger partial charge >= 0.3 is 5.97 Å². The van der Waals surface area contributed by atoms with Crippen molar-refractivity contribution in [2.24, 2.45) is 0 Å². The average molecular weight is 386 g/mol. The van der Waals surface area contributed by atoms with Crippen molar-refractivity contribution in [3.05, 3.63) is 59.5 Å². The van der Waals surface area contributed by atoms with Crippen molar-refractivity contribution in [2.45, 2.75) is 26.2 Å². The highest BCUT2D eigenvalue weighted by atomic mass is 16.5. The molecular formula is C20H22N2O6. The second-order valence-corrected chi connectivity index (χ2v) is 7.03. The number of ether oxygens (including phenoxy) is 1. The summed E-state index contributed by atoms with van der Waals surface area (Å²) in [5.74, 6) is -2.71. The maximum atomic E-state index is 12.1. The molecule has 1 aromatic carbocycles. The van der Waals surface area contributed by atoms with Gasteiger partial charge in [0.25, 0.3) is 17.7 Å². The molecule has 28 heavy (non-hydrogen) atoms. The quantitative estimate of drug-likeness (QED) is 0.732. The number of amides is 3. The zero-order chi connectivity index (χ0) is 20.7. The first-order valence-electron chi connectivity index (χ1n) is 8.59. The lowest BCUT2D eigenvalue weighted by atomic mass is 9.87. The van der Waals surface area contributed by atoms with Gasteiger partial charge in [0.1, 0.15) is 6.54 Å². The van der Waals surface area contributed by atoms with Gasteiger partial charge < -0.3 is 14.5 Å². The van der Waals surface area contributed by atoms with Crippen LogP contribution in [0.4, 0.5) is 0 Å². The van der Waals surface area contributed by atoms with Crippen LogP contribution in [-0.4, -0.2) is 36.8 Å². The van der Waals surface area contributed by atoms with Crippen molar-refractivity contribution >= 4 is 23.7 Å². The first kappa shape index (κ1) is 20.9. The normalized spacial score (nSPS) is 10.8. The molecule has 0 spiro atoms. The molecular weight excluding hydrogens is 364 g/mol. The molecule has 0 radical (unpaired) electrons. The maximum absolute atomic E-state index is 12.1. The first-order valence-corrected chi connectivity index (χ1v) is 8.59. The molecule has 8 heteroatoms. The third-order valence-corrected chi connectivity index (χ3v) is 3.77. The number of nitrogens with one attached hydrogen (secondary N) is 2. The standard InChI is InChI=1S/C20H22N2O6/c1-20(2,3)14-8-6-13(7-9-14)18(25)22-16(23)12-28-17(24)11-21-19(26)15-5-4-10-27-15/h4-10H,11-12H2,1-3H3,(H,21,26)(H,22,23,25). The zero-order valence-electron chi connectivity index (χ0n) is 15.9. The van der Waals surface area contributed by atoms with E-state index < -0.39 is 36.8 Å². The Morgan fingerprint density at radius 1 is 1.00 bits per heavy atom. The fraction of sp³-hybridized carbons (Fsp3) is 0.300. The zero-order valence-corrected chi connectivity index (χ0v) is 15.9. The van der Waals surface area contributed by atoms with Gasteiger partial charge in [0.05, 0.1) is 6.26 Å². The minimum absolute atomic E-state index is 0.0496. The Kier molecular flexibility index (Phi) is 6.70. The van der Waals surface area contributed by atoms with E-state index in [4.69, 9.17) is 9.15 Å². The molecule has 0 aliphatic heterocycles. The van der Waals surface area contributed by atoms with Crippen LogP contribution in [0.1, 0.15) is 47.2 Å². The lowest BCUT2D eigenvalue weighted by Gasteiger charge is -2.18. The smallest absolute Gasteiger partial charge is 0.325 e. The van der Waals surface area contributed by atoms with Crippen molar-refractivity contribution in [1.29, 1.82) is 0 Å². The molecule has 0 saturated heterocycles. The van der Waals surface area contributed by atoms with Gasteiger partial charge in [0.2, 0.25) is 0 Å². The minimum atomic E-state index is -0.822. The van der Waals surface area contributed by atoms with Crippen LogP contribution in [0.5, 0.6) is 0 Å². The number of benzene rings is 1. The van der Waals surface area contributed by atoms with Crippen molar-refractivity contribution in [2.75, 3.05) is 13.2 Å². The maximum Gasteiger partial charge on any atom is 0.325 e. The molecule has 1 heterocycles. The molecule has 3 amide bonds. The number of carbonyl (C=O) groups excluding carboxylic acids is 4. The Balaban J connectivity index is 1.74. The predicted molar refractivity (Wildman–Crippen MR) is 99.6 cm³/mol. The second kappa shape index (κ2) is 8.98. The van der Waals surface area contributed by atoms with Crippen LogP contribution in [0.2, 0.25) is 0 Å². The molecule has 2 N–H and O–H groups in total. The summed E-state index contributed by atoms with van der Waals surface area (Å²) in [6.07, 6.45) is 1.32. The largest absolute Gasteiger partial charge is 0.459 e. The summed E-state index contributed by atoms with van der Waals surface area (Å²) < 4.78 is 9.60. The van der Waals surface area contributed by atoms with Gasteiger partial charge in [0, 0.05) is 5.56 Å². The highest BCUT2D eigenvalue weighted by molar-refractivity contribution is 6.05. The third kappa shape index (κ3) is 6.08. The lowest BCUT2D eigenvalue weighted by molar-refractivity contribution is -0.147. The van der Waals surface area contributed by atoms with E-state index >= 15 is 0 Å². The Labute approximate surface area is 162 Å². The molecule has 0 aliphatic rings. The molecule has 2 rings (SSSR count). The number of hydrogen-bond donors (Lipinski definition) is 2.